The molecule has 0 saturated heterocycles. The number of methoxy groups -OCH3 is 2. The van der Waals surface area contributed by atoms with Crippen LogP contribution in [0, 0.1) is 5.41 Å². The van der Waals surface area contributed by atoms with Gasteiger partial charge in [-0.3, -0.25) is 0 Å². The van der Waals surface area contributed by atoms with Crippen LogP contribution < -0.4 is 0 Å². The van der Waals surface area contributed by atoms with Gasteiger partial charge in [0.1, 0.15) is 0 Å². The van der Waals surface area contributed by atoms with Gasteiger partial charge in [0, 0.05) is 19.6 Å². The predicted octanol–water partition coefficient (Wildman–Crippen LogP) is 2.47. The Labute approximate surface area is 76.3 Å². The first-order valence-corrected chi connectivity index (χ1v) is 4.60. The summed E-state index contributed by atoms with van der Waals surface area (Å²) < 4.78 is 10.6. The van der Waals surface area contributed by atoms with Gasteiger partial charge in [-0.05, 0) is 6.42 Å². The van der Waals surface area contributed by atoms with Gasteiger partial charge in [-0.2, -0.15) is 0 Å². The topological polar surface area (TPSA) is 18.5 Å². The first-order valence-electron chi connectivity index (χ1n) is 4.60. The van der Waals surface area contributed by atoms with Crippen LogP contribution in [0.15, 0.2) is 0 Å². The second kappa shape index (κ2) is 5.55. The highest BCUT2D eigenvalue weighted by Crippen LogP contribution is 2.26. The van der Waals surface area contributed by atoms with Gasteiger partial charge in [0.15, 0.2) is 0 Å². The molecule has 0 rings (SSSR count). The van der Waals surface area contributed by atoms with E-state index >= 15 is 0 Å². The molecule has 1 unspecified atom stereocenters. The standard InChI is InChI=1S/C10H22O2/c1-6-7-9(12-5)10(2,3)8-11-4/h9H,6-8H2,1-5H3. The lowest BCUT2D eigenvalue weighted by Gasteiger charge is -2.32. The molecular formula is C10H22O2. The normalized spacial score (nSPS) is 14.8. The lowest BCUT2D eigenvalue weighted by molar-refractivity contribution is -0.0389. The van der Waals surface area contributed by atoms with Gasteiger partial charge in [-0.25, -0.2) is 0 Å². The SMILES string of the molecule is CCCC(OC)C(C)(C)COC. The smallest absolute Gasteiger partial charge is 0.0644 e. The van der Waals surface area contributed by atoms with E-state index < -0.39 is 0 Å². The molecule has 0 aliphatic heterocycles. The van der Waals surface area contributed by atoms with Crippen molar-refractivity contribution in [2.45, 2.75) is 39.7 Å². The van der Waals surface area contributed by atoms with E-state index in [9.17, 15) is 0 Å². The second-order valence-corrected chi connectivity index (χ2v) is 3.93. The van der Waals surface area contributed by atoms with Gasteiger partial charge in [-0.15, -0.1) is 0 Å². The van der Waals surface area contributed by atoms with Crippen LogP contribution in [0.4, 0.5) is 0 Å². The molecule has 0 radical (unpaired) electrons. The summed E-state index contributed by atoms with van der Waals surface area (Å²) in [6.45, 7) is 7.29. The Morgan fingerprint density at radius 3 is 2.17 bits per heavy atom. The Hall–Kier alpha value is -0.0800. The minimum atomic E-state index is 0.125. The van der Waals surface area contributed by atoms with E-state index in [-0.39, 0.29) is 5.41 Å². The summed E-state index contributed by atoms with van der Waals surface area (Å²) in [5.74, 6) is 0. The molecule has 0 bridgehead atoms. The molecule has 0 aromatic heterocycles. The van der Waals surface area contributed by atoms with Crippen molar-refractivity contribution >= 4 is 0 Å². The molecule has 0 aliphatic rings. The molecule has 0 saturated carbocycles. The van der Waals surface area contributed by atoms with E-state index in [4.69, 9.17) is 9.47 Å². The van der Waals surface area contributed by atoms with Gasteiger partial charge in [0.2, 0.25) is 0 Å². The maximum atomic E-state index is 5.43. The van der Waals surface area contributed by atoms with Crippen LogP contribution in [0.2, 0.25) is 0 Å². The van der Waals surface area contributed by atoms with Crippen molar-refractivity contribution in [1.29, 1.82) is 0 Å². The molecule has 0 aliphatic carbocycles. The summed E-state index contributed by atoms with van der Waals surface area (Å²) in [4.78, 5) is 0. The fourth-order valence-electron chi connectivity index (χ4n) is 1.55. The quantitative estimate of drug-likeness (QED) is 0.616. The Morgan fingerprint density at radius 2 is 1.83 bits per heavy atom. The predicted molar refractivity (Wildman–Crippen MR) is 51.4 cm³/mol. The van der Waals surface area contributed by atoms with Crippen LogP contribution in [0.1, 0.15) is 33.6 Å². The van der Waals surface area contributed by atoms with Crippen molar-refractivity contribution < 1.29 is 9.47 Å². The van der Waals surface area contributed by atoms with E-state index in [0.29, 0.717) is 6.10 Å². The highest BCUT2D eigenvalue weighted by atomic mass is 16.5. The maximum absolute atomic E-state index is 5.43. The fourth-order valence-corrected chi connectivity index (χ4v) is 1.55. The van der Waals surface area contributed by atoms with Crippen LogP contribution >= 0.6 is 0 Å². The zero-order chi connectivity index (χ0) is 9.61. The van der Waals surface area contributed by atoms with Gasteiger partial charge in [0.05, 0.1) is 12.7 Å². The molecule has 0 N–H and O–H groups in total. The molecule has 2 heteroatoms. The monoisotopic (exact) mass is 174 g/mol. The van der Waals surface area contributed by atoms with Crippen molar-refractivity contribution in [2.24, 2.45) is 5.41 Å². The Bertz CT molecular complexity index is 110. The summed E-state index contributed by atoms with van der Waals surface area (Å²) >= 11 is 0. The van der Waals surface area contributed by atoms with Crippen LogP contribution in [0.5, 0.6) is 0 Å². The summed E-state index contributed by atoms with van der Waals surface area (Å²) in [5.41, 5.74) is 0.125. The molecule has 12 heavy (non-hydrogen) atoms. The minimum absolute atomic E-state index is 0.125. The number of hydrogen-bond acceptors (Lipinski definition) is 2. The highest BCUT2D eigenvalue weighted by Gasteiger charge is 2.28. The van der Waals surface area contributed by atoms with Crippen molar-refractivity contribution in [2.75, 3.05) is 20.8 Å². The van der Waals surface area contributed by atoms with Gasteiger partial charge < -0.3 is 9.47 Å². The molecule has 0 amide bonds. The minimum Gasteiger partial charge on any atom is -0.384 e. The first kappa shape index (κ1) is 11.9. The van der Waals surface area contributed by atoms with Crippen LogP contribution in [-0.2, 0) is 9.47 Å². The lowest BCUT2D eigenvalue weighted by atomic mass is 9.85. The van der Waals surface area contributed by atoms with Gasteiger partial charge in [0.25, 0.3) is 0 Å². The zero-order valence-electron chi connectivity index (χ0n) is 9.02. The van der Waals surface area contributed by atoms with E-state index in [1.165, 1.54) is 0 Å². The molecule has 74 valence electrons. The van der Waals surface area contributed by atoms with E-state index in [1.54, 1.807) is 14.2 Å². The van der Waals surface area contributed by atoms with E-state index in [0.717, 1.165) is 19.4 Å². The maximum Gasteiger partial charge on any atom is 0.0644 e. The van der Waals surface area contributed by atoms with Crippen molar-refractivity contribution in [1.82, 2.24) is 0 Å². The average Bonchev–Trinajstić information content (AvgIpc) is 1.99. The van der Waals surface area contributed by atoms with Crippen LogP contribution in [-0.4, -0.2) is 26.9 Å². The first-order chi connectivity index (χ1) is 5.58. The van der Waals surface area contributed by atoms with Crippen LogP contribution in [0.25, 0.3) is 0 Å². The molecular weight excluding hydrogens is 152 g/mol. The number of ether oxygens (including phenoxy) is 2. The summed E-state index contributed by atoms with van der Waals surface area (Å²) in [7, 11) is 3.51. The van der Waals surface area contributed by atoms with Crippen molar-refractivity contribution in [3.8, 4) is 0 Å². The third-order valence-corrected chi connectivity index (χ3v) is 2.22. The zero-order valence-corrected chi connectivity index (χ0v) is 9.02. The Kier molecular flexibility index (Phi) is 5.51. The van der Waals surface area contributed by atoms with Gasteiger partial charge >= 0.3 is 0 Å². The molecule has 2 nitrogen and oxygen atoms in total. The molecule has 0 spiro atoms. The number of hydrogen-bond donors (Lipinski definition) is 0. The average molecular weight is 174 g/mol. The lowest BCUT2D eigenvalue weighted by Crippen LogP contribution is -2.35. The molecule has 0 aromatic rings. The number of rotatable bonds is 6. The third kappa shape index (κ3) is 3.55. The molecule has 0 aromatic carbocycles. The summed E-state index contributed by atoms with van der Waals surface area (Å²) in [6.07, 6.45) is 2.57. The highest BCUT2D eigenvalue weighted by molar-refractivity contribution is 4.78. The molecule has 0 heterocycles. The van der Waals surface area contributed by atoms with Crippen LogP contribution in [0.3, 0.4) is 0 Å². The van der Waals surface area contributed by atoms with Crippen molar-refractivity contribution in [3.63, 3.8) is 0 Å². The molecule has 0 fully saturated rings. The Balaban J connectivity index is 4.05. The van der Waals surface area contributed by atoms with Gasteiger partial charge in [-0.1, -0.05) is 27.2 Å². The third-order valence-electron chi connectivity index (χ3n) is 2.22. The summed E-state index contributed by atoms with van der Waals surface area (Å²) in [6, 6.07) is 0. The van der Waals surface area contributed by atoms with E-state index in [1.807, 2.05) is 0 Å². The molecule has 1 atom stereocenters. The van der Waals surface area contributed by atoms with E-state index in [2.05, 4.69) is 20.8 Å². The van der Waals surface area contributed by atoms with Crippen molar-refractivity contribution in [3.05, 3.63) is 0 Å². The summed E-state index contributed by atoms with van der Waals surface area (Å²) in [5, 5.41) is 0. The second-order valence-electron chi connectivity index (χ2n) is 3.93. The largest absolute Gasteiger partial charge is 0.384 e. The fraction of sp³-hybridized carbons (Fsp3) is 1.00. The Morgan fingerprint density at radius 1 is 1.25 bits per heavy atom.